The van der Waals surface area contributed by atoms with Gasteiger partial charge >= 0.3 is 0 Å². The molecule has 0 amide bonds. The van der Waals surface area contributed by atoms with Crippen molar-refractivity contribution in [1.29, 1.82) is 0 Å². The molecule has 0 unspecified atom stereocenters. The smallest absolute Gasteiger partial charge is 0.270 e. The maximum absolute atomic E-state index is 13.3. The number of rotatable bonds is 4. The summed E-state index contributed by atoms with van der Waals surface area (Å²) in [5.74, 6) is 1.21. The van der Waals surface area contributed by atoms with E-state index < -0.39 is 4.92 Å². The van der Waals surface area contributed by atoms with Crippen molar-refractivity contribution in [3.05, 3.63) is 57.0 Å². The van der Waals surface area contributed by atoms with E-state index in [4.69, 9.17) is 9.47 Å². The van der Waals surface area contributed by atoms with Crippen LogP contribution in [0.1, 0.15) is 19.8 Å². The Hall–Kier alpha value is -3.68. The van der Waals surface area contributed by atoms with Crippen LogP contribution in [0.3, 0.4) is 0 Å². The molecule has 0 fully saturated rings. The molecule has 4 aromatic rings. The minimum absolute atomic E-state index is 0.0599. The van der Waals surface area contributed by atoms with Crippen LogP contribution >= 0.6 is 0 Å². The van der Waals surface area contributed by atoms with Gasteiger partial charge in [0, 0.05) is 52.5 Å². The minimum atomic E-state index is -0.458. The van der Waals surface area contributed by atoms with Gasteiger partial charge in [-0.05, 0) is 18.6 Å². The summed E-state index contributed by atoms with van der Waals surface area (Å²) in [6, 6.07) is 7.97. The number of hydrogen-bond donors (Lipinski definition) is 0. The number of fused-ring (bicyclic) bond motifs is 6. The summed E-state index contributed by atoms with van der Waals surface area (Å²) in [6.07, 6.45) is 3.44. The fraction of sp³-hybridized carbons (Fsp3) is 0.238. The fourth-order valence-electron chi connectivity index (χ4n) is 3.89. The van der Waals surface area contributed by atoms with E-state index in [1.54, 1.807) is 16.8 Å². The predicted molar refractivity (Wildman–Crippen MR) is 109 cm³/mol. The Morgan fingerprint density at radius 3 is 2.66 bits per heavy atom. The van der Waals surface area contributed by atoms with E-state index in [1.807, 2.05) is 6.07 Å². The van der Waals surface area contributed by atoms with E-state index >= 15 is 0 Å². The molecule has 0 saturated carbocycles. The summed E-state index contributed by atoms with van der Waals surface area (Å²) in [6.45, 7) is 2.75. The number of ether oxygens (including phenoxy) is 2. The second kappa shape index (κ2) is 6.44. The van der Waals surface area contributed by atoms with Crippen molar-refractivity contribution in [3.8, 4) is 11.5 Å². The molecule has 0 spiro atoms. The second-order valence-electron chi connectivity index (χ2n) is 7.04. The van der Waals surface area contributed by atoms with Crippen LogP contribution in [0.4, 0.5) is 5.69 Å². The highest BCUT2D eigenvalue weighted by Gasteiger charge is 2.20. The highest BCUT2D eigenvalue weighted by molar-refractivity contribution is 6.14. The van der Waals surface area contributed by atoms with E-state index in [0.717, 1.165) is 18.2 Å². The Morgan fingerprint density at radius 1 is 1.10 bits per heavy atom. The lowest BCUT2D eigenvalue weighted by Crippen LogP contribution is -2.21. The van der Waals surface area contributed by atoms with Crippen molar-refractivity contribution in [1.82, 2.24) is 9.55 Å². The van der Waals surface area contributed by atoms with Gasteiger partial charge in [0.25, 0.3) is 11.2 Å². The molecular formula is C21H17N3O5. The molecule has 8 nitrogen and oxygen atoms in total. The van der Waals surface area contributed by atoms with Crippen LogP contribution in [-0.4, -0.2) is 21.3 Å². The molecule has 1 aliphatic rings. The quantitative estimate of drug-likeness (QED) is 0.295. The molecule has 5 rings (SSSR count). The van der Waals surface area contributed by atoms with Crippen LogP contribution in [-0.2, 0) is 6.54 Å². The van der Waals surface area contributed by atoms with Gasteiger partial charge in [0.2, 0.25) is 6.79 Å². The van der Waals surface area contributed by atoms with Crippen LogP contribution < -0.4 is 15.0 Å². The molecule has 146 valence electrons. The van der Waals surface area contributed by atoms with Gasteiger partial charge in [-0.1, -0.05) is 13.3 Å². The summed E-state index contributed by atoms with van der Waals surface area (Å²) in [5.41, 5.74) is 1.16. The van der Waals surface area contributed by atoms with Crippen LogP contribution in [0, 0.1) is 10.1 Å². The molecule has 0 saturated heterocycles. The average Bonchev–Trinajstić information content (AvgIpc) is 3.18. The third-order valence-electron chi connectivity index (χ3n) is 5.32. The first-order chi connectivity index (χ1) is 14.1. The van der Waals surface area contributed by atoms with Crippen molar-refractivity contribution in [3.63, 3.8) is 0 Å². The van der Waals surface area contributed by atoms with Gasteiger partial charge in [-0.3, -0.25) is 19.9 Å². The third-order valence-corrected chi connectivity index (χ3v) is 5.32. The Balaban J connectivity index is 1.97. The minimum Gasteiger partial charge on any atom is -0.454 e. The summed E-state index contributed by atoms with van der Waals surface area (Å²) in [7, 11) is 0. The Bertz CT molecular complexity index is 1380. The van der Waals surface area contributed by atoms with Gasteiger partial charge in [0.1, 0.15) is 0 Å². The monoisotopic (exact) mass is 391 g/mol. The van der Waals surface area contributed by atoms with Crippen molar-refractivity contribution < 1.29 is 14.4 Å². The molecule has 2 aromatic heterocycles. The molecular weight excluding hydrogens is 374 g/mol. The second-order valence-corrected chi connectivity index (χ2v) is 7.04. The van der Waals surface area contributed by atoms with Crippen molar-refractivity contribution in [2.45, 2.75) is 26.3 Å². The van der Waals surface area contributed by atoms with Crippen LogP contribution in [0.5, 0.6) is 11.5 Å². The molecule has 0 aliphatic carbocycles. The number of aryl methyl sites for hydroxylation is 1. The highest BCUT2D eigenvalue weighted by Crippen LogP contribution is 2.38. The zero-order valence-corrected chi connectivity index (χ0v) is 15.7. The van der Waals surface area contributed by atoms with E-state index in [-0.39, 0.29) is 18.0 Å². The first-order valence-electron chi connectivity index (χ1n) is 9.41. The highest BCUT2D eigenvalue weighted by atomic mass is 16.7. The number of nitro groups is 1. The summed E-state index contributed by atoms with van der Waals surface area (Å²) >= 11 is 0. The Labute approximate surface area is 164 Å². The molecule has 0 N–H and O–H groups in total. The van der Waals surface area contributed by atoms with Gasteiger partial charge in [0.05, 0.1) is 16.0 Å². The zero-order chi connectivity index (χ0) is 20.1. The SMILES string of the molecule is CCCCn1c(=O)c2ccc([N+](=O)[O-])cc2c2cnc3cc4c(cc3c21)OCO4. The average molecular weight is 391 g/mol. The maximum Gasteiger partial charge on any atom is 0.270 e. The maximum atomic E-state index is 13.3. The van der Waals surface area contributed by atoms with Crippen LogP contribution in [0.2, 0.25) is 0 Å². The first-order valence-corrected chi connectivity index (χ1v) is 9.41. The number of nitrogens with zero attached hydrogens (tertiary/aromatic N) is 3. The summed E-state index contributed by atoms with van der Waals surface area (Å²) < 4.78 is 12.7. The van der Waals surface area contributed by atoms with Crippen molar-refractivity contribution in [2.24, 2.45) is 0 Å². The number of nitro benzene ring substituents is 1. The van der Waals surface area contributed by atoms with Gasteiger partial charge < -0.3 is 14.0 Å². The number of benzene rings is 2. The van der Waals surface area contributed by atoms with Gasteiger partial charge in [-0.15, -0.1) is 0 Å². The lowest BCUT2D eigenvalue weighted by Gasteiger charge is -2.15. The molecule has 0 bridgehead atoms. The fourth-order valence-corrected chi connectivity index (χ4v) is 3.89. The Morgan fingerprint density at radius 2 is 1.90 bits per heavy atom. The topological polar surface area (TPSA) is 96.5 Å². The van der Waals surface area contributed by atoms with E-state index in [2.05, 4.69) is 11.9 Å². The molecule has 1 aliphatic heterocycles. The largest absolute Gasteiger partial charge is 0.454 e. The molecule has 8 heteroatoms. The van der Waals surface area contributed by atoms with Gasteiger partial charge in [-0.25, -0.2) is 0 Å². The Kier molecular flexibility index (Phi) is 3.87. The first kappa shape index (κ1) is 17.4. The van der Waals surface area contributed by atoms with Gasteiger partial charge in [0.15, 0.2) is 11.5 Å². The molecule has 0 radical (unpaired) electrons. The van der Waals surface area contributed by atoms with Crippen LogP contribution in [0.15, 0.2) is 41.3 Å². The molecule has 3 heterocycles. The van der Waals surface area contributed by atoms with Crippen molar-refractivity contribution >= 4 is 38.3 Å². The molecule has 0 atom stereocenters. The summed E-state index contributed by atoms with van der Waals surface area (Å²) in [4.78, 5) is 28.7. The van der Waals surface area contributed by atoms with Crippen molar-refractivity contribution in [2.75, 3.05) is 6.79 Å². The molecule has 29 heavy (non-hydrogen) atoms. The number of hydrogen-bond acceptors (Lipinski definition) is 6. The summed E-state index contributed by atoms with van der Waals surface area (Å²) in [5, 5.41) is 13.7. The number of pyridine rings is 2. The number of unbranched alkanes of at least 4 members (excludes halogenated alkanes) is 1. The number of non-ortho nitro benzene ring substituents is 1. The zero-order valence-electron chi connectivity index (χ0n) is 15.7. The lowest BCUT2D eigenvalue weighted by molar-refractivity contribution is -0.384. The van der Waals surface area contributed by atoms with E-state index in [0.29, 0.717) is 45.2 Å². The third kappa shape index (κ3) is 2.60. The van der Waals surface area contributed by atoms with E-state index in [9.17, 15) is 14.9 Å². The standard InChI is InChI=1S/C21H17N3O5/c1-2-3-6-23-20-15-8-18-19(29-11-28-18)9-17(15)22-10-16(20)14-7-12(24(26)27)4-5-13(14)21(23)25/h4-5,7-10H,2-3,6,11H2,1H3. The predicted octanol–water partition coefficient (Wildman–Crippen LogP) is 4.14. The lowest BCUT2D eigenvalue weighted by atomic mass is 10.0. The normalized spacial score (nSPS) is 12.9. The molecule has 2 aromatic carbocycles. The van der Waals surface area contributed by atoms with E-state index in [1.165, 1.54) is 18.2 Å². The number of aromatic nitrogens is 2. The van der Waals surface area contributed by atoms with Crippen LogP contribution in [0.25, 0.3) is 32.6 Å². The van der Waals surface area contributed by atoms with Gasteiger partial charge in [-0.2, -0.15) is 0 Å².